The normalized spacial score (nSPS) is 10.1. The number of benzene rings is 2. The number of carboxylic acid groups (broad SMARTS) is 1. The molecule has 2 rings (SSSR count). The summed E-state index contributed by atoms with van der Waals surface area (Å²) < 4.78 is 6.03. The second kappa shape index (κ2) is 8.98. The Morgan fingerprint density at radius 1 is 1.27 bits per heavy atom. The van der Waals surface area contributed by atoms with Crippen LogP contribution < -0.4 is 15.4 Å². The third-order valence-corrected chi connectivity index (χ3v) is 4.24. The van der Waals surface area contributed by atoms with E-state index in [1.165, 1.54) is 18.2 Å². The highest BCUT2D eigenvalue weighted by Gasteiger charge is 2.14. The standard InChI is InChI=1S/C17H14BrClN2O4S/c1-2-25-14-6-3-9(7-12(14)18)15(22)21-17(26)20-13-5-4-10(19)8-11(13)16(23)24/h3-8H,2H2,1H3,(H,23,24)(H2,20,21,22,26). The average Bonchev–Trinajstić information content (AvgIpc) is 2.58. The van der Waals surface area contributed by atoms with Crippen molar-refractivity contribution in [1.82, 2.24) is 5.32 Å². The first-order valence-electron chi connectivity index (χ1n) is 7.39. The number of nitrogens with one attached hydrogen (secondary N) is 2. The Morgan fingerprint density at radius 2 is 2.00 bits per heavy atom. The summed E-state index contributed by atoms with van der Waals surface area (Å²) in [5, 5.41) is 14.6. The fourth-order valence-electron chi connectivity index (χ4n) is 2.05. The van der Waals surface area contributed by atoms with Crippen LogP contribution in [-0.2, 0) is 0 Å². The summed E-state index contributed by atoms with van der Waals surface area (Å²) in [6.07, 6.45) is 0. The number of aromatic carboxylic acids is 1. The molecule has 9 heteroatoms. The van der Waals surface area contributed by atoms with Crippen molar-refractivity contribution in [1.29, 1.82) is 0 Å². The van der Waals surface area contributed by atoms with Crippen LogP contribution in [0.3, 0.4) is 0 Å². The van der Waals surface area contributed by atoms with Crippen molar-refractivity contribution in [3.05, 3.63) is 57.0 Å². The van der Waals surface area contributed by atoms with Gasteiger partial charge in [0.15, 0.2) is 5.11 Å². The summed E-state index contributed by atoms with van der Waals surface area (Å²) in [7, 11) is 0. The summed E-state index contributed by atoms with van der Waals surface area (Å²) in [5.74, 6) is -0.992. The van der Waals surface area contributed by atoms with Gasteiger partial charge in [0, 0.05) is 10.6 Å². The minimum atomic E-state index is -1.17. The molecule has 1 amide bonds. The average molecular weight is 458 g/mol. The van der Waals surface area contributed by atoms with Gasteiger partial charge in [0.05, 0.1) is 22.3 Å². The molecule has 6 nitrogen and oxygen atoms in total. The van der Waals surface area contributed by atoms with Gasteiger partial charge >= 0.3 is 5.97 Å². The van der Waals surface area contributed by atoms with Crippen LogP contribution >= 0.6 is 39.7 Å². The molecule has 0 fully saturated rings. The number of thiocarbonyl (C=S) groups is 1. The van der Waals surface area contributed by atoms with Gasteiger partial charge in [-0.3, -0.25) is 10.1 Å². The summed E-state index contributed by atoms with van der Waals surface area (Å²) in [4.78, 5) is 23.6. The molecule has 0 aliphatic heterocycles. The molecule has 0 saturated heterocycles. The number of halogens is 2. The van der Waals surface area contributed by atoms with Crippen LogP contribution in [0.2, 0.25) is 5.02 Å². The van der Waals surface area contributed by atoms with E-state index in [0.717, 1.165) is 0 Å². The summed E-state index contributed by atoms with van der Waals surface area (Å²) in [6, 6.07) is 9.15. The zero-order valence-electron chi connectivity index (χ0n) is 13.5. The zero-order chi connectivity index (χ0) is 19.3. The lowest BCUT2D eigenvalue weighted by atomic mass is 10.2. The van der Waals surface area contributed by atoms with E-state index in [1.807, 2.05) is 6.92 Å². The number of ether oxygens (including phenoxy) is 1. The highest BCUT2D eigenvalue weighted by molar-refractivity contribution is 9.10. The van der Waals surface area contributed by atoms with Crippen molar-refractivity contribution < 1.29 is 19.4 Å². The number of carbonyl (C=O) groups excluding carboxylic acids is 1. The van der Waals surface area contributed by atoms with Crippen LogP contribution in [0.15, 0.2) is 40.9 Å². The molecule has 0 atom stereocenters. The molecule has 3 N–H and O–H groups in total. The van der Waals surface area contributed by atoms with Crippen molar-refractivity contribution in [2.24, 2.45) is 0 Å². The van der Waals surface area contributed by atoms with Crippen molar-refractivity contribution in [3.63, 3.8) is 0 Å². The zero-order valence-corrected chi connectivity index (χ0v) is 16.7. The van der Waals surface area contributed by atoms with Gasteiger partial charge in [0.1, 0.15) is 5.75 Å². The quantitative estimate of drug-likeness (QED) is 0.579. The van der Waals surface area contributed by atoms with E-state index in [2.05, 4.69) is 26.6 Å². The van der Waals surface area contributed by atoms with Gasteiger partial charge < -0.3 is 15.2 Å². The van der Waals surface area contributed by atoms with Gasteiger partial charge in [0.2, 0.25) is 0 Å². The number of carboxylic acids is 1. The highest BCUT2D eigenvalue weighted by Crippen LogP contribution is 2.26. The third-order valence-electron chi connectivity index (χ3n) is 3.18. The number of amides is 1. The molecule has 0 radical (unpaired) electrons. The lowest BCUT2D eigenvalue weighted by Gasteiger charge is -2.12. The van der Waals surface area contributed by atoms with Crippen LogP contribution in [0.1, 0.15) is 27.6 Å². The van der Waals surface area contributed by atoms with Crippen molar-refractivity contribution in [2.75, 3.05) is 11.9 Å². The monoisotopic (exact) mass is 456 g/mol. The fraction of sp³-hybridized carbons (Fsp3) is 0.118. The van der Waals surface area contributed by atoms with Crippen LogP contribution in [-0.4, -0.2) is 28.7 Å². The Kier molecular flexibility index (Phi) is 6.96. The molecule has 0 spiro atoms. The highest BCUT2D eigenvalue weighted by atomic mass is 79.9. The molecule has 0 aliphatic rings. The minimum absolute atomic E-state index is 0.0372. The maximum atomic E-state index is 12.3. The Bertz CT molecular complexity index is 876. The molecule has 0 unspecified atom stereocenters. The fourth-order valence-corrected chi connectivity index (χ4v) is 2.91. The van der Waals surface area contributed by atoms with Gasteiger partial charge in [-0.05, 0) is 71.5 Å². The van der Waals surface area contributed by atoms with Crippen LogP contribution in [0.5, 0.6) is 5.75 Å². The Labute approximate surface area is 168 Å². The van der Waals surface area contributed by atoms with Crippen LogP contribution in [0.25, 0.3) is 0 Å². The first kappa shape index (κ1) is 20.2. The lowest BCUT2D eigenvalue weighted by Crippen LogP contribution is -2.34. The van der Waals surface area contributed by atoms with Gasteiger partial charge in [-0.1, -0.05) is 11.6 Å². The third kappa shape index (κ3) is 5.17. The molecule has 26 heavy (non-hydrogen) atoms. The number of anilines is 1. The molecule has 2 aromatic carbocycles. The summed E-state index contributed by atoms with van der Waals surface area (Å²) in [5.41, 5.74) is 0.525. The van der Waals surface area contributed by atoms with Crippen molar-refractivity contribution in [2.45, 2.75) is 6.92 Å². The Balaban J connectivity index is 2.10. The van der Waals surface area contributed by atoms with E-state index < -0.39 is 11.9 Å². The van der Waals surface area contributed by atoms with E-state index in [4.69, 9.17) is 28.6 Å². The number of hydrogen-bond donors (Lipinski definition) is 3. The SMILES string of the molecule is CCOc1ccc(C(=O)NC(=S)Nc2ccc(Cl)cc2C(=O)O)cc1Br. The minimum Gasteiger partial charge on any atom is -0.493 e. The molecular formula is C17H14BrClN2O4S. The van der Waals surface area contributed by atoms with Crippen molar-refractivity contribution >= 4 is 62.4 Å². The summed E-state index contributed by atoms with van der Waals surface area (Å²) >= 11 is 14.2. The first-order chi connectivity index (χ1) is 12.3. The number of rotatable bonds is 5. The number of carbonyl (C=O) groups is 2. The Morgan fingerprint density at radius 3 is 2.62 bits per heavy atom. The van der Waals surface area contributed by atoms with Crippen LogP contribution in [0.4, 0.5) is 5.69 Å². The molecular weight excluding hydrogens is 444 g/mol. The lowest BCUT2D eigenvalue weighted by molar-refractivity contribution is 0.0697. The Hall–Kier alpha value is -2.16. The second-order valence-electron chi connectivity index (χ2n) is 4.98. The second-order valence-corrected chi connectivity index (χ2v) is 6.68. The van der Waals surface area contributed by atoms with E-state index >= 15 is 0 Å². The van der Waals surface area contributed by atoms with E-state index in [9.17, 15) is 14.7 Å². The molecule has 2 aromatic rings. The molecule has 0 bridgehead atoms. The maximum absolute atomic E-state index is 12.3. The van der Waals surface area contributed by atoms with Crippen molar-refractivity contribution in [3.8, 4) is 5.75 Å². The molecule has 0 aliphatic carbocycles. The van der Waals surface area contributed by atoms with Crippen LogP contribution in [0, 0.1) is 0 Å². The predicted octanol–water partition coefficient (Wildman–Crippen LogP) is 4.33. The van der Waals surface area contributed by atoms with E-state index in [1.54, 1.807) is 18.2 Å². The van der Waals surface area contributed by atoms with Gasteiger partial charge in [-0.2, -0.15) is 0 Å². The number of hydrogen-bond acceptors (Lipinski definition) is 4. The van der Waals surface area contributed by atoms with Gasteiger partial charge in [-0.25, -0.2) is 4.79 Å². The van der Waals surface area contributed by atoms with E-state index in [0.29, 0.717) is 22.4 Å². The topological polar surface area (TPSA) is 87.7 Å². The predicted molar refractivity (Wildman–Crippen MR) is 107 cm³/mol. The maximum Gasteiger partial charge on any atom is 0.337 e. The summed E-state index contributed by atoms with van der Waals surface area (Å²) in [6.45, 7) is 2.37. The molecule has 0 aromatic heterocycles. The largest absolute Gasteiger partial charge is 0.493 e. The molecule has 0 heterocycles. The first-order valence-corrected chi connectivity index (χ1v) is 8.97. The molecule has 136 valence electrons. The molecule has 0 saturated carbocycles. The van der Waals surface area contributed by atoms with E-state index in [-0.39, 0.29) is 21.4 Å². The van der Waals surface area contributed by atoms with Gasteiger partial charge in [-0.15, -0.1) is 0 Å². The van der Waals surface area contributed by atoms with Gasteiger partial charge in [0.25, 0.3) is 5.91 Å². The smallest absolute Gasteiger partial charge is 0.337 e.